The maximum Gasteiger partial charge on any atom is 0.226 e. The van der Waals surface area contributed by atoms with Crippen molar-refractivity contribution in [3.63, 3.8) is 0 Å². The Morgan fingerprint density at radius 1 is 1.10 bits per heavy atom. The highest BCUT2D eigenvalue weighted by Gasteiger charge is 2.27. The summed E-state index contributed by atoms with van der Waals surface area (Å²) in [6.45, 7) is 9.77. The van der Waals surface area contributed by atoms with Crippen LogP contribution >= 0.6 is 11.6 Å². The van der Waals surface area contributed by atoms with Gasteiger partial charge in [-0.3, -0.25) is 14.6 Å². The van der Waals surface area contributed by atoms with Crippen molar-refractivity contribution < 1.29 is 13.6 Å². The fourth-order valence-electron chi connectivity index (χ4n) is 5.48. The van der Waals surface area contributed by atoms with Gasteiger partial charge in [0.1, 0.15) is 11.6 Å². The number of hydrogen-bond acceptors (Lipinski definition) is 6. The highest BCUT2D eigenvalue weighted by Crippen LogP contribution is 2.26. The summed E-state index contributed by atoms with van der Waals surface area (Å²) in [6, 6.07) is 14.2. The number of nitrogens with one attached hydrogen (secondary N) is 1. The van der Waals surface area contributed by atoms with E-state index in [0.717, 1.165) is 87.8 Å². The van der Waals surface area contributed by atoms with Crippen LogP contribution in [0.1, 0.15) is 30.7 Å². The lowest BCUT2D eigenvalue weighted by Gasteiger charge is -2.36. The summed E-state index contributed by atoms with van der Waals surface area (Å²) in [4.78, 5) is 24.7. The van der Waals surface area contributed by atoms with Crippen LogP contribution in [0.25, 0.3) is 11.5 Å². The number of halogens is 2. The topological polar surface area (TPSA) is 64.9 Å². The van der Waals surface area contributed by atoms with Crippen LogP contribution in [0.2, 0.25) is 5.02 Å². The van der Waals surface area contributed by atoms with E-state index in [1.807, 2.05) is 43.3 Å². The van der Waals surface area contributed by atoms with E-state index in [4.69, 9.17) is 21.0 Å². The number of oxazole rings is 1. The van der Waals surface area contributed by atoms with Crippen molar-refractivity contribution in [1.82, 2.24) is 20.1 Å². The molecule has 39 heavy (non-hydrogen) atoms. The quantitative estimate of drug-likeness (QED) is 0.377. The van der Waals surface area contributed by atoms with Crippen LogP contribution in [0.5, 0.6) is 0 Å². The third-order valence-electron chi connectivity index (χ3n) is 7.73. The number of hydrogen-bond donors (Lipinski definition) is 1. The first-order chi connectivity index (χ1) is 18.9. The van der Waals surface area contributed by atoms with E-state index in [0.29, 0.717) is 24.0 Å². The molecule has 3 aromatic rings. The first-order valence-electron chi connectivity index (χ1n) is 13.9. The first-order valence-corrected chi connectivity index (χ1v) is 14.3. The van der Waals surface area contributed by atoms with Crippen LogP contribution in [-0.4, -0.2) is 73.0 Å². The molecule has 2 saturated heterocycles. The standard InChI is InChI=1S/C30H37ClFN5O2/c1-22-28(34-30(39-22)23-5-2-7-25(31)19-23)21-36-13-3-6-24(20-36)29(38)33-12-4-14-35-15-17-37(18-16-35)27-10-8-26(32)9-11-27/h2,5,7-11,19,24H,3-4,6,12-18,20-21H2,1H3,(H,33,38). The van der Waals surface area contributed by atoms with Gasteiger partial charge in [0.05, 0.1) is 11.6 Å². The number of piperidine rings is 1. The van der Waals surface area contributed by atoms with Gasteiger partial charge in [-0.25, -0.2) is 9.37 Å². The molecule has 0 bridgehead atoms. The van der Waals surface area contributed by atoms with Gasteiger partial charge in [-0.05, 0) is 81.7 Å². The number of rotatable bonds is 9. The number of aryl methyl sites for hydroxylation is 1. The molecular weight excluding hydrogens is 517 g/mol. The monoisotopic (exact) mass is 553 g/mol. The van der Waals surface area contributed by atoms with E-state index in [-0.39, 0.29) is 17.6 Å². The van der Waals surface area contributed by atoms with Gasteiger partial charge < -0.3 is 14.6 Å². The largest absolute Gasteiger partial charge is 0.441 e. The molecule has 2 aliphatic rings. The predicted octanol–water partition coefficient (Wildman–Crippen LogP) is 4.98. The molecule has 7 nitrogen and oxygen atoms in total. The van der Waals surface area contributed by atoms with Gasteiger partial charge in [-0.15, -0.1) is 0 Å². The number of benzene rings is 2. The predicted molar refractivity (Wildman–Crippen MR) is 152 cm³/mol. The number of anilines is 1. The van der Waals surface area contributed by atoms with E-state index in [2.05, 4.69) is 20.0 Å². The van der Waals surface area contributed by atoms with Crippen LogP contribution < -0.4 is 10.2 Å². The molecule has 0 aliphatic carbocycles. The Kier molecular flexibility index (Phi) is 9.17. The number of nitrogens with zero attached hydrogens (tertiary/aromatic N) is 4. The Morgan fingerprint density at radius 2 is 1.90 bits per heavy atom. The molecule has 1 amide bonds. The van der Waals surface area contributed by atoms with Gasteiger partial charge in [-0.1, -0.05) is 17.7 Å². The lowest BCUT2D eigenvalue weighted by molar-refractivity contribution is -0.126. The van der Waals surface area contributed by atoms with E-state index in [1.54, 1.807) is 0 Å². The van der Waals surface area contributed by atoms with E-state index < -0.39 is 0 Å². The van der Waals surface area contributed by atoms with Crippen LogP contribution in [0.15, 0.2) is 52.9 Å². The van der Waals surface area contributed by atoms with Crippen molar-refractivity contribution in [2.24, 2.45) is 5.92 Å². The third kappa shape index (κ3) is 7.38. The second-order valence-electron chi connectivity index (χ2n) is 10.6. The molecule has 9 heteroatoms. The summed E-state index contributed by atoms with van der Waals surface area (Å²) >= 11 is 6.13. The van der Waals surface area contributed by atoms with Gasteiger partial charge in [0.25, 0.3) is 0 Å². The minimum absolute atomic E-state index is 0.00221. The van der Waals surface area contributed by atoms with Crippen molar-refractivity contribution in [2.75, 3.05) is 57.3 Å². The summed E-state index contributed by atoms with van der Waals surface area (Å²) in [5.74, 6) is 1.33. The van der Waals surface area contributed by atoms with Crippen molar-refractivity contribution in [3.8, 4) is 11.5 Å². The lowest BCUT2D eigenvalue weighted by Crippen LogP contribution is -2.47. The van der Waals surface area contributed by atoms with Crippen LogP contribution in [-0.2, 0) is 11.3 Å². The smallest absolute Gasteiger partial charge is 0.226 e. The summed E-state index contributed by atoms with van der Waals surface area (Å²) < 4.78 is 19.1. The number of amides is 1. The van der Waals surface area contributed by atoms with Crippen molar-refractivity contribution in [3.05, 3.63) is 70.8 Å². The molecule has 0 radical (unpaired) electrons. The SMILES string of the molecule is Cc1oc(-c2cccc(Cl)c2)nc1CN1CCCC(C(=O)NCCCN2CCN(c3ccc(F)cc3)CC2)C1. The molecule has 5 rings (SSSR count). The number of carbonyl (C=O) groups excluding carboxylic acids is 1. The summed E-state index contributed by atoms with van der Waals surface area (Å²) in [5.41, 5.74) is 2.85. The number of piperazine rings is 1. The Balaban J connectivity index is 1.02. The minimum atomic E-state index is -0.200. The Labute approximate surface area is 234 Å². The zero-order valence-electron chi connectivity index (χ0n) is 22.5. The number of likely N-dealkylation sites (tertiary alicyclic amines) is 1. The molecule has 3 heterocycles. The van der Waals surface area contributed by atoms with E-state index in [9.17, 15) is 9.18 Å². The highest BCUT2D eigenvalue weighted by atomic mass is 35.5. The molecule has 2 aromatic carbocycles. The van der Waals surface area contributed by atoms with Gasteiger partial charge in [0, 0.05) is 62.1 Å². The number of carbonyl (C=O) groups is 1. The Hall–Kier alpha value is -2.94. The molecule has 1 N–H and O–H groups in total. The molecule has 1 atom stereocenters. The van der Waals surface area contributed by atoms with Gasteiger partial charge in [0.2, 0.25) is 11.8 Å². The van der Waals surface area contributed by atoms with Crippen LogP contribution in [0.4, 0.5) is 10.1 Å². The maximum absolute atomic E-state index is 13.2. The molecule has 1 unspecified atom stereocenters. The third-order valence-corrected chi connectivity index (χ3v) is 7.96. The van der Waals surface area contributed by atoms with Crippen LogP contribution in [0, 0.1) is 18.7 Å². The first kappa shape index (κ1) is 27.6. The van der Waals surface area contributed by atoms with Crippen molar-refractivity contribution in [1.29, 1.82) is 0 Å². The van der Waals surface area contributed by atoms with Crippen molar-refractivity contribution in [2.45, 2.75) is 32.7 Å². The molecule has 0 saturated carbocycles. The zero-order chi connectivity index (χ0) is 27.2. The molecule has 0 spiro atoms. The summed E-state index contributed by atoms with van der Waals surface area (Å²) in [5, 5.41) is 3.83. The molecule has 2 aliphatic heterocycles. The average molecular weight is 554 g/mol. The lowest BCUT2D eigenvalue weighted by atomic mass is 9.97. The second-order valence-corrected chi connectivity index (χ2v) is 11.0. The zero-order valence-corrected chi connectivity index (χ0v) is 23.3. The average Bonchev–Trinajstić information content (AvgIpc) is 3.32. The van der Waals surface area contributed by atoms with E-state index >= 15 is 0 Å². The maximum atomic E-state index is 13.2. The fraction of sp³-hybridized carbons (Fsp3) is 0.467. The van der Waals surface area contributed by atoms with Crippen LogP contribution in [0.3, 0.4) is 0 Å². The fourth-order valence-corrected chi connectivity index (χ4v) is 5.68. The summed E-state index contributed by atoms with van der Waals surface area (Å²) in [7, 11) is 0. The molecule has 1 aromatic heterocycles. The number of aromatic nitrogens is 1. The molecule has 2 fully saturated rings. The normalized spacial score (nSPS) is 18.8. The van der Waals surface area contributed by atoms with Gasteiger partial charge in [0.15, 0.2) is 0 Å². The highest BCUT2D eigenvalue weighted by molar-refractivity contribution is 6.30. The Morgan fingerprint density at radius 3 is 2.67 bits per heavy atom. The minimum Gasteiger partial charge on any atom is -0.441 e. The second kappa shape index (κ2) is 12.9. The molecular formula is C30H37ClFN5O2. The Bertz CT molecular complexity index is 1240. The van der Waals surface area contributed by atoms with Gasteiger partial charge >= 0.3 is 0 Å². The summed E-state index contributed by atoms with van der Waals surface area (Å²) in [6.07, 6.45) is 2.84. The van der Waals surface area contributed by atoms with Crippen molar-refractivity contribution >= 4 is 23.2 Å². The van der Waals surface area contributed by atoms with E-state index in [1.165, 1.54) is 12.1 Å². The van der Waals surface area contributed by atoms with Gasteiger partial charge in [-0.2, -0.15) is 0 Å². The molecule has 208 valence electrons.